The van der Waals surface area contributed by atoms with E-state index in [2.05, 4.69) is 17.2 Å². The second-order valence-electron chi connectivity index (χ2n) is 6.24. The molecule has 0 spiro atoms. The highest BCUT2D eigenvalue weighted by atomic mass is 32.1. The van der Waals surface area contributed by atoms with Crippen molar-refractivity contribution in [3.05, 3.63) is 46.4 Å². The highest BCUT2D eigenvalue weighted by Gasteiger charge is 2.21. The molecule has 5 heteroatoms. The first-order valence-electron chi connectivity index (χ1n) is 8.11. The molecule has 122 valence electrons. The first-order chi connectivity index (χ1) is 11.2. The van der Waals surface area contributed by atoms with Gasteiger partial charge in [-0.2, -0.15) is 0 Å². The van der Waals surface area contributed by atoms with Crippen molar-refractivity contribution in [2.75, 3.05) is 0 Å². The predicted molar refractivity (Wildman–Crippen MR) is 91.8 cm³/mol. The molecule has 23 heavy (non-hydrogen) atoms. The molecule has 2 unspecified atom stereocenters. The maximum Gasteiger partial charge on any atom is 0.251 e. The number of benzene rings is 1. The Morgan fingerprint density at radius 3 is 3.13 bits per heavy atom. The molecule has 2 aromatic rings. The normalized spacial score (nSPS) is 20.9. The summed E-state index contributed by atoms with van der Waals surface area (Å²) < 4.78 is 5.71. The Morgan fingerprint density at radius 1 is 1.43 bits per heavy atom. The van der Waals surface area contributed by atoms with Crippen LogP contribution in [0.15, 0.2) is 35.2 Å². The van der Waals surface area contributed by atoms with Gasteiger partial charge in [-0.3, -0.25) is 4.79 Å². The van der Waals surface area contributed by atoms with Crippen LogP contribution in [0.5, 0.6) is 5.75 Å². The molecule has 4 nitrogen and oxygen atoms in total. The first-order valence-corrected chi connectivity index (χ1v) is 9.06. The van der Waals surface area contributed by atoms with E-state index >= 15 is 0 Å². The van der Waals surface area contributed by atoms with Gasteiger partial charge in [0.2, 0.25) is 0 Å². The van der Waals surface area contributed by atoms with Crippen molar-refractivity contribution in [2.45, 2.75) is 45.3 Å². The summed E-state index contributed by atoms with van der Waals surface area (Å²) in [4.78, 5) is 16.6. The number of hydrogen-bond acceptors (Lipinski definition) is 4. The maximum atomic E-state index is 12.4. The van der Waals surface area contributed by atoms with E-state index in [4.69, 9.17) is 4.74 Å². The summed E-state index contributed by atoms with van der Waals surface area (Å²) in [5.41, 5.74) is 3.34. The van der Waals surface area contributed by atoms with Gasteiger partial charge in [0.05, 0.1) is 11.2 Å². The minimum absolute atomic E-state index is 0.0109. The molecule has 1 fully saturated rings. The summed E-state index contributed by atoms with van der Waals surface area (Å²) in [6, 6.07) is 7.65. The van der Waals surface area contributed by atoms with Crippen molar-refractivity contribution in [2.24, 2.45) is 5.92 Å². The van der Waals surface area contributed by atoms with E-state index in [-0.39, 0.29) is 5.91 Å². The Bertz CT molecular complexity index is 642. The van der Waals surface area contributed by atoms with Crippen LogP contribution in [0, 0.1) is 5.92 Å². The number of hydrogen-bond donors (Lipinski definition) is 1. The van der Waals surface area contributed by atoms with E-state index in [1.165, 1.54) is 12.8 Å². The van der Waals surface area contributed by atoms with Crippen LogP contribution < -0.4 is 10.1 Å². The Morgan fingerprint density at radius 2 is 2.35 bits per heavy atom. The van der Waals surface area contributed by atoms with E-state index in [1.54, 1.807) is 22.9 Å². The lowest BCUT2D eigenvalue weighted by molar-refractivity contribution is 0.0921. The molecular formula is C18H22N2O2S. The van der Waals surface area contributed by atoms with Crippen molar-refractivity contribution in [1.82, 2.24) is 10.3 Å². The van der Waals surface area contributed by atoms with Crippen molar-refractivity contribution in [3.63, 3.8) is 0 Å². The monoisotopic (exact) mass is 330 g/mol. The quantitative estimate of drug-likeness (QED) is 0.900. The number of amides is 1. The van der Waals surface area contributed by atoms with Gasteiger partial charge >= 0.3 is 0 Å². The van der Waals surface area contributed by atoms with E-state index < -0.39 is 0 Å². The fraction of sp³-hybridized carbons (Fsp3) is 0.444. The molecule has 0 bridgehead atoms. The smallest absolute Gasteiger partial charge is 0.251 e. The number of nitrogens with one attached hydrogen (secondary N) is 1. The first kappa shape index (κ1) is 16.0. The Balaban J connectivity index is 1.58. The summed E-state index contributed by atoms with van der Waals surface area (Å²) in [6.07, 6.45) is 4.62. The molecule has 1 heterocycles. The minimum Gasteiger partial charge on any atom is -0.487 e. The van der Waals surface area contributed by atoms with Crippen molar-refractivity contribution < 1.29 is 9.53 Å². The van der Waals surface area contributed by atoms with Crippen LogP contribution in [0.3, 0.4) is 0 Å². The number of carbonyl (C=O) groups excluding carboxylic acids is 1. The Hall–Kier alpha value is -1.88. The molecule has 1 aromatic carbocycles. The van der Waals surface area contributed by atoms with Crippen LogP contribution in [-0.4, -0.2) is 16.9 Å². The number of rotatable bonds is 5. The third-order valence-electron chi connectivity index (χ3n) is 4.24. The van der Waals surface area contributed by atoms with Crippen LogP contribution >= 0.6 is 11.3 Å². The topological polar surface area (TPSA) is 51.2 Å². The number of thiazole rings is 1. The predicted octanol–water partition coefficient (Wildman–Crippen LogP) is 4.03. The molecule has 1 aliphatic carbocycles. The van der Waals surface area contributed by atoms with Crippen LogP contribution in [0.2, 0.25) is 0 Å². The van der Waals surface area contributed by atoms with Gasteiger partial charge in [0.25, 0.3) is 5.91 Å². The fourth-order valence-corrected chi connectivity index (χ4v) is 3.57. The molecule has 1 saturated carbocycles. The summed E-state index contributed by atoms with van der Waals surface area (Å²) in [7, 11) is 0. The SMILES string of the molecule is CC1CCCC(NC(=O)c2cccc(OCc3cscn3)c2)C1. The van der Waals surface area contributed by atoms with Gasteiger partial charge in [-0.1, -0.05) is 25.8 Å². The van der Waals surface area contributed by atoms with Gasteiger partial charge in [0, 0.05) is 17.0 Å². The zero-order valence-corrected chi connectivity index (χ0v) is 14.1. The van der Waals surface area contributed by atoms with Gasteiger partial charge in [0.15, 0.2) is 0 Å². The highest BCUT2D eigenvalue weighted by Crippen LogP contribution is 2.24. The molecule has 0 saturated heterocycles. The van der Waals surface area contributed by atoms with E-state index in [1.807, 2.05) is 23.6 Å². The number of aromatic nitrogens is 1. The molecule has 2 atom stereocenters. The van der Waals surface area contributed by atoms with Crippen molar-refractivity contribution in [3.8, 4) is 5.75 Å². The zero-order valence-electron chi connectivity index (χ0n) is 13.3. The van der Waals surface area contributed by atoms with Crippen molar-refractivity contribution in [1.29, 1.82) is 0 Å². The van der Waals surface area contributed by atoms with Gasteiger partial charge < -0.3 is 10.1 Å². The fourth-order valence-electron chi connectivity index (χ4n) is 3.03. The van der Waals surface area contributed by atoms with Gasteiger partial charge in [-0.15, -0.1) is 11.3 Å². The number of carbonyl (C=O) groups is 1. The van der Waals surface area contributed by atoms with Crippen LogP contribution in [0.4, 0.5) is 0 Å². The van der Waals surface area contributed by atoms with Crippen LogP contribution in [-0.2, 0) is 6.61 Å². The van der Waals surface area contributed by atoms with Crippen molar-refractivity contribution >= 4 is 17.2 Å². The number of ether oxygens (including phenoxy) is 1. The molecule has 1 N–H and O–H groups in total. The summed E-state index contributed by atoms with van der Waals surface area (Å²) >= 11 is 1.55. The van der Waals surface area contributed by atoms with Gasteiger partial charge in [-0.05, 0) is 37.0 Å². The second kappa shape index (κ2) is 7.59. The van der Waals surface area contributed by atoms with Gasteiger partial charge in [-0.25, -0.2) is 4.98 Å². The van der Waals surface area contributed by atoms with E-state index in [0.717, 1.165) is 18.5 Å². The van der Waals surface area contributed by atoms with Crippen LogP contribution in [0.1, 0.15) is 48.7 Å². The summed E-state index contributed by atoms with van der Waals surface area (Å²) in [5.74, 6) is 1.38. The largest absolute Gasteiger partial charge is 0.487 e. The molecule has 1 amide bonds. The minimum atomic E-state index is -0.0109. The van der Waals surface area contributed by atoms with Crippen LogP contribution in [0.25, 0.3) is 0 Å². The lowest BCUT2D eigenvalue weighted by Gasteiger charge is -2.27. The lowest BCUT2D eigenvalue weighted by Crippen LogP contribution is -2.37. The average Bonchev–Trinajstić information content (AvgIpc) is 3.07. The van der Waals surface area contributed by atoms with E-state index in [9.17, 15) is 4.79 Å². The summed E-state index contributed by atoms with van der Waals surface area (Å²) in [6.45, 7) is 2.68. The summed E-state index contributed by atoms with van der Waals surface area (Å²) in [5, 5.41) is 5.12. The molecule has 3 rings (SSSR count). The Kier molecular flexibility index (Phi) is 5.28. The highest BCUT2D eigenvalue weighted by molar-refractivity contribution is 7.07. The lowest BCUT2D eigenvalue weighted by atomic mass is 9.87. The number of nitrogens with zero attached hydrogens (tertiary/aromatic N) is 1. The molecule has 0 aliphatic heterocycles. The standard InChI is InChI=1S/C18H22N2O2S/c1-13-4-2-6-15(8-13)20-18(21)14-5-3-7-17(9-14)22-10-16-11-23-12-19-16/h3,5,7,9,11-13,15H,2,4,6,8,10H2,1H3,(H,20,21). The third-order valence-corrected chi connectivity index (χ3v) is 4.87. The molecule has 1 aromatic heterocycles. The molecular weight excluding hydrogens is 308 g/mol. The average molecular weight is 330 g/mol. The van der Waals surface area contributed by atoms with Gasteiger partial charge in [0.1, 0.15) is 12.4 Å². The third kappa shape index (κ3) is 4.55. The Labute approximate surface area is 140 Å². The molecule has 1 aliphatic rings. The zero-order chi connectivity index (χ0) is 16.1. The maximum absolute atomic E-state index is 12.4. The second-order valence-corrected chi connectivity index (χ2v) is 6.96. The molecule has 0 radical (unpaired) electrons. The van der Waals surface area contributed by atoms with E-state index in [0.29, 0.717) is 29.9 Å².